The van der Waals surface area contributed by atoms with E-state index in [4.69, 9.17) is 5.73 Å². The molecule has 226 valence electrons. The van der Waals surface area contributed by atoms with Gasteiger partial charge in [0.2, 0.25) is 17.6 Å². The number of carbonyl (C=O) groups excluding carboxylic acids is 3. The number of amides is 3. The van der Waals surface area contributed by atoms with E-state index in [1.165, 1.54) is 4.90 Å². The predicted octanol–water partition coefficient (Wildman–Crippen LogP) is -3.02. The molecule has 3 heterocycles. The van der Waals surface area contributed by atoms with Gasteiger partial charge in [-0.3, -0.25) is 30.2 Å². The van der Waals surface area contributed by atoms with Crippen LogP contribution in [0, 0.1) is 0 Å². The summed E-state index contributed by atoms with van der Waals surface area (Å²) in [7, 11) is 2.51. The second-order valence-corrected chi connectivity index (χ2v) is 11.4. The summed E-state index contributed by atoms with van der Waals surface area (Å²) in [4.78, 5) is 38.6. The minimum atomic E-state index is -3.52. The fourth-order valence-corrected chi connectivity index (χ4v) is 5.76. The first-order valence-corrected chi connectivity index (χ1v) is 13.5. The fraction of sp³-hybridized carbons (Fsp3) is 0.423. The molecule has 2 saturated heterocycles. The van der Waals surface area contributed by atoms with Crippen molar-refractivity contribution in [2.24, 2.45) is 5.73 Å². The van der Waals surface area contributed by atoms with Crippen LogP contribution in [0.1, 0.15) is 46.8 Å². The van der Waals surface area contributed by atoms with Crippen LogP contribution < -0.4 is 21.7 Å². The normalized spacial score (nSPS) is 28.9. The summed E-state index contributed by atoms with van der Waals surface area (Å²) in [5.41, 5.74) is 8.34. The highest BCUT2D eigenvalue weighted by molar-refractivity contribution is 7.27. The molecule has 3 aliphatic rings. The first-order valence-electron chi connectivity index (χ1n) is 12.9. The number of imide groups is 1. The van der Waals surface area contributed by atoms with Crippen LogP contribution in [-0.2, 0) is 34.0 Å². The van der Waals surface area contributed by atoms with Crippen LogP contribution in [0.25, 0.3) is 0 Å². The van der Waals surface area contributed by atoms with Crippen molar-refractivity contribution in [2.45, 2.75) is 69.0 Å². The molecule has 2 fully saturated rings. The number of anilines is 1. The first kappa shape index (κ1) is 30.4. The molecule has 0 saturated carbocycles. The Morgan fingerprint density at radius 1 is 1.10 bits per heavy atom. The topological polar surface area (TPSA) is 238 Å². The zero-order valence-corrected chi connectivity index (χ0v) is 23.6. The lowest BCUT2D eigenvalue weighted by Gasteiger charge is -2.57. The summed E-state index contributed by atoms with van der Waals surface area (Å²) in [6.07, 6.45) is 0.408. The molecule has 4 unspecified atom stereocenters. The number of nitrogens with two attached hydrogens (primary N) is 1. The Morgan fingerprint density at radius 3 is 2.48 bits per heavy atom. The average Bonchev–Trinajstić information content (AvgIpc) is 3.22. The molecule has 0 aliphatic carbocycles. The number of carbonyl (C=O) groups is 3. The summed E-state index contributed by atoms with van der Waals surface area (Å²) in [6, 6.07) is 9.31. The Morgan fingerprint density at radius 2 is 1.81 bits per heavy atom. The van der Waals surface area contributed by atoms with Gasteiger partial charge in [-0.15, -0.1) is 9.24 Å². The van der Waals surface area contributed by atoms with Crippen LogP contribution in [-0.4, -0.2) is 87.7 Å². The van der Waals surface area contributed by atoms with Gasteiger partial charge in [-0.25, -0.2) is 0 Å². The van der Waals surface area contributed by atoms with Gasteiger partial charge in [-0.2, -0.15) is 4.90 Å². The maximum absolute atomic E-state index is 13.1. The third-order valence-corrected chi connectivity index (χ3v) is 8.35. The zero-order chi connectivity index (χ0) is 30.8. The number of nitrogens with one attached hydrogen (secondary N) is 2. The Kier molecular flexibility index (Phi) is 7.43. The highest BCUT2D eigenvalue weighted by Gasteiger charge is 2.71. The number of nitrogens with zero attached hydrogens (tertiary/aromatic N) is 2. The molecule has 0 radical (unpaired) electrons. The fourth-order valence-electron chi connectivity index (χ4n) is 5.35. The third kappa shape index (κ3) is 4.97. The number of rotatable bonds is 6. The highest BCUT2D eigenvalue weighted by Crippen LogP contribution is 2.42. The van der Waals surface area contributed by atoms with Crippen molar-refractivity contribution < 1.29 is 49.8 Å². The van der Waals surface area contributed by atoms with Crippen molar-refractivity contribution in [2.75, 3.05) is 5.32 Å². The van der Waals surface area contributed by atoms with E-state index in [-0.39, 0.29) is 36.1 Å². The second-order valence-electron chi connectivity index (χ2n) is 10.8. The molecule has 42 heavy (non-hydrogen) atoms. The maximum Gasteiger partial charge on any atom is 0.302 e. The number of hydrogen-bond donors (Lipinski definition) is 9. The summed E-state index contributed by atoms with van der Waals surface area (Å²) >= 11 is 0. The molecule has 2 aromatic carbocycles. The smallest absolute Gasteiger partial charge is 0.302 e. The molecule has 2 aromatic rings. The number of morpholine rings is 1. The molecule has 4 atom stereocenters. The molecular formula is C26H32N5O10P. The lowest BCUT2D eigenvalue weighted by molar-refractivity contribution is -0.585. The van der Waals surface area contributed by atoms with E-state index in [0.717, 1.165) is 12.5 Å². The Labute approximate surface area is 241 Å². The average molecular weight is 606 g/mol. The maximum atomic E-state index is 13.1. The Bertz CT molecular complexity index is 1440. The molecule has 0 aromatic heterocycles. The summed E-state index contributed by atoms with van der Waals surface area (Å²) in [5.74, 6) is -14.2. The van der Waals surface area contributed by atoms with Gasteiger partial charge in [0.05, 0.1) is 0 Å². The van der Waals surface area contributed by atoms with Gasteiger partial charge in [0, 0.05) is 42.9 Å². The first-order chi connectivity index (χ1) is 19.5. The standard InChI is InChI=1S/C26H32N5O10P/c1-23(35)25(37,38)31(26(39,40)24(27,36)41-23)11-13-5-6-14(19(42)9-13)10-28-17-4-2-3-15-16(17)12-30(22(15)34)18-7-8-20(32)29-21(18)33/h2-6,9,18,28,35-40H,7-8,10-12,27,42H2,1H3,(H,29,32,33). The third-order valence-electron chi connectivity index (χ3n) is 7.81. The SMILES string of the molecule is CC1(O)OC(N)(O)C(O)(O)N(Cc2ccc(CNc3cccc4c3CN(C3CCC(=O)NC3=O)C4=O)c(P)c2)C1(O)O. The molecule has 10 N–H and O–H groups in total. The number of ether oxygens (including phenoxy) is 1. The van der Waals surface area contributed by atoms with Crippen LogP contribution in [0.4, 0.5) is 5.69 Å². The molecule has 3 aliphatic heterocycles. The molecular weight excluding hydrogens is 573 g/mol. The van der Waals surface area contributed by atoms with Crippen LogP contribution in [0.15, 0.2) is 36.4 Å². The predicted molar refractivity (Wildman–Crippen MR) is 146 cm³/mol. The second kappa shape index (κ2) is 10.3. The zero-order valence-electron chi connectivity index (χ0n) is 22.4. The molecule has 16 heteroatoms. The van der Waals surface area contributed by atoms with Gasteiger partial charge in [0.1, 0.15) is 6.04 Å². The van der Waals surface area contributed by atoms with Gasteiger partial charge in [0.25, 0.3) is 17.7 Å². The van der Waals surface area contributed by atoms with E-state index in [9.17, 15) is 45.0 Å². The van der Waals surface area contributed by atoms with Gasteiger partial charge in [0.15, 0.2) is 0 Å². The van der Waals surface area contributed by atoms with E-state index in [1.54, 1.807) is 36.4 Å². The summed E-state index contributed by atoms with van der Waals surface area (Å²) in [5, 5.41) is 68.5. The largest absolute Gasteiger partial charge is 0.381 e. The van der Waals surface area contributed by atoms with Crippen molar-refractivity contribution in [3.63, 3.8) is 0 Å². The molecule has 5 rings (SSSR count). The van der Waals surface area contributed by atoms with Gasteiger partial charge in [-0.05, 0) is 41.9 Å². The van der Waals surface area contributed by atoms with E-state index >= 15 is 0 Å². The van der Waals surface area contributed by atoms with Crippen LogP contribution >= 0.6 is 9.24 Å². The van der Waals surface area contributed by atoms with Crippen molar-refractivity contribution in [1.29, 1.82) is 0 Å². The Balaban J connectivity index is 1.31. The summed E-state index contributed by atoms with van der Waals surface area (Å²) in [6.45, 7) is 0.672. The Hall–Kier alpha value is -3.08. The van der Waals surface area contributed by atoms with E-state index in [2.05, 4.69) is 24.6 Å². The van der Waals surface area contributed by atoms with E-state index < -0.39 is 42.0 Å². The summed E-state index contributed by atoms with van der Waals surface area (Å²) < 4.78 is 4.54. The van der Waals surface area contributed by atoms with Gasteiger partial charge < -0.3 is 40.9 Å². The van der Waals surface area contributed by atoms with E-state index in [0.29, 0.717) is 34.2 Å². The quantitative estimate of drug-likeness (QED) is 0.0907. The van der Waals surface area contributed by atoms with Crippen molar-refractivity contribution in [3.8, 4) is 0 Å². The number of fused-ring (bicyclic) bond motifs is 1. The van der Waals surface area contributed by atoms with Crippen LogP contribution in [0.5, 0.6) is 0 Å². The van der Waals surface area contributed by atoms with Gasteiger partial charge in [-0.1, -0.05) is 24.3 Å². The lowest BCUT2D eigenvalue weighted by atomic mass is 10.0. The number of aliphatic hydroxyl groups is 6. The van der Waals surface area contributed by atoms with Crippen LogP contribution in [0.2, 0.25) is 0 Å². The number of hydrogen-bond acceptors (Lipinski definition) is 13. The van der Waals surface area contributed by atoms with E-state index in [1.807, 2.05) is 0 Å². The van der Waals surface area contributed by atoms with Gasteiger partial charge >= 0.3 is 5.91 Å². The minimum Gasteiger partial charge on any atom is -0.381 e. The molecule has 0 spiro atoms. The monoisotopic (exact) mass is 605 g/mol. The highest BCUT2D eigenvalue weighted by atomic mass is 31.0. The molecule has 0 bridgehead atoms. The molecule has 3 amide bonds. The number of benzene rings is 2. The number of piperidine rings is 1. The lowest BCUT2D eigenvalue weighted by Crippen LogP contribution is -2.85. The minimum absolute atomic E-state index is 0.154. The van der Waals surface area contributed by atoms with Crippen molar-refractivity contribution in [3.05, 3.63) is 58.7 Å². The van der Waals surface area contributed by atoms with Crippen molar-refractivity contribution in [1.82, 2.24) is 15.1 Å². The van der Waals surface area contributed by atoms with Crippen LogP contribution in [0.3, 0.4) is 0 Å². The molecule has 15 nitrogen and oxygen atoms in total. The van der Waals surface area contributed by atoms with Crippen molar-refractivity contribution >= 4 is 38.0 Å².